The number of hydrogen-bond donors (Lipinski definition) is 0. The van der Waals surface area contributed by atoms with Crippen molar-refractivity contribution in [1.82, 2.24) is 14.8 Å². The van der Waals surface area contributed by atoms with Crippen LogP contribution in [-0.4, -0.2) is 66.3 Å². The Morgan fingerprint density at radius 3 is 2.83 bits per heavy atom. The van der Waals surface area contributed by atoms with E-state index in [4.69, 9.17) is 9.47 Å². The van der Waals surface area contributed by atoms with Crippen LogP contribution in [0.15, 0.2) is 18.3 Å². The second kappa shape index (κ2) is 6.62. The molecule has 0 radical (unpaired) electrons. The molecule has 0 bridgehead atoms. The first kappa shape index (κ1) is 16.3. The van der Waals surface area contributed by atoms with Gasteiger partial charge in [-0.3, -0.25) is 9.80 Å². The van der Waals surface area contributed by atoms with E-state index in [9.17, 15) is 0 Å². The third-order valence-electron chi connectivity index (χ3n) is 6.09. The molecule has 1 saturated carbocycles. The van der Waals surface area contributed by atoms with Gasteiger partial charge in [-0.15, -0.1) is 0 Å². The average Bonchev–Trinajstić information content (AvgIpc) is 3.39. The summed E-state index contributed by atoms with van der Waals surface area (Å²) in [6.45, 7) is 4.03. The van der Waals surface area contributed by atoms with Crippen molar-refractivity contribution in [3.8, 4) is 5.88 Å². The van der Waals surface area contributed by atoms with Crippen LogP contribution < -0.4 is 4.74 Å². The van der Waals surface area contributed by atoms with E-state index in [2.05, 4.69) is 27.9 Å². The summed E-state index contributed by atoms with van der Waals surface area (Å²) in [5.41, 5.74) is 1.30. The number of aromatic nitrogens is 1. The van der Waals surface area contributed by atoms with Crippen LogP contribution in [0.25, 0.3) is 0 Å². The maximum absolute atomic E-state index is 6.33. The lowest BCUT2D eigenvalue weighted by Gasteiger charge is -2.39. The molecular weight excluding hydrogens is 302 g/mol. The van der Waals surface area contributed by atoms with Gasteiger partial charge in [-0.05, 0) is 45.2 Å². The number of piperidine rings is 1. The quantitative estimate of drug-likeness (QED) is 0.828. The molecule has 3 fully saturated rings. The number of nitrogens with zero attached hydrogens (tertiary/aromatic N) is 3. The van der Waals surface area contributed by atoms with Crippen LogP contribution >= 0.6 is 0 Å². The van der Waals surface area contributed by atoms with E-state index in [1.807, 2.05) is 6.07 Å². The van der Waals surface area contributed by atoms with Gasteiger partial charge in [-0.2, -0.15) is 0 Å². The van der Waals surface area contributed by atoms with E-state index < -0.39 is 0 Å². The first-order valence-corrected chi connectivity index (χ1v) is 9.25. The summed E-state index contributed by atoms with van der Waals surface area (Å²) in [6, 6.07) is 5.55. The van der Waals surface area contributed by atoms with Crippen molar-refractivity contribution in [1.29, 1.82) is 0 Å². The van der Waals surface area contributed by atoms with Crippen LogP contribution in [0.5, 0.6) is 5.88 Å². The van der Waals surface area contributed by atoms with Gasteiger partial charge >= 0.3 is 0 Å². The zero-order valence-electron chi connectivity index (χ0n) is 14.9. The third-order valence-corrected chi connectivity index (χ3v) is 6.09. The zero-order valence-corrected chi connectivity index (χ0v) is 14.9. The summed E-state index contributed by atoms with van der Waals surface area (Å²) in [5, 5.41) is 0. The van der Waals surface area contributed by atoms with Gasteiger partial charge in [0.15, 0.2) is 0 Å². The van der Waals surface area contributed by atoms with Gasteiger partial charge in [0.05, 0.1) is 19.3 Å². The highest BCUT2D eigenvalue weighted by molar-refractivity contribution is 5.25. The lowest BCUT2D eigenvalue weighted by atomic mass is 9.87. The Hall–Kier alpha value is -1.17. The highest BCUT2D eigenvalue weighted by Crippen LogP contribution is 2.40. The molecule has 0 amide bonds. The molecule has 1 unspecified atom stereocenters. The van der Waals surface area contributed by atoms with E-state index in [-0.39, 0.29) is 5.60 Å². The normalized spacial score (nSPS) is 27.0. The summed E-state index contributed by atoms with van der Waals surface area (Å²) in [7, 11) is 3.98. The Bertz CT molecular complexity index is 567. The van der Waals surface area contributed by atoms with Gasteiger partial charge in [0.1, 0.15) is 0 Å². The fraction of sp³-hybridized carbons (Fsp3) is 0.737. The van der Waals surface area contributed by atoms with Crippen molar-refractivity contribution in [2.24, 2.45) is 0 Å². The van der Waals surface area contributed by atoms with Crippen LogP contribution in [-0.2, 0) is 11.3 Å². The molecule has 1 spiro atoms. The van der Waals surface area contributed by atoms with Crippen molar-refractivity contribution in [2.45, 2.75) is 56.3 Å². The van der Waals surface area contributed by atoms with Gasteiger partial charge in [0, 0.05) is 43.5 Å². The van der Waals surface area contributed by atoms with Crippen molar-refractivity contribution in [2.75, 3.05) is 33.9 Å². The second-order valence-corrected chi connectivity index (χ2v) is 7.70. The SMILES string of the molecule is COc1ncccc1CN1CCC2(CC1)CC(N(C)C1CC1)CO2. The number of likely N-dealkylation sites (N-methyl/N-ethyl adjacent to an activating group) is 1. The highest BCUT2D eigenvalue weighted by Gasteiger charge is 2.45. The van der Waals surface area contributed by atoms with Crippen molar-refractivity contribution < 1.29 is 9.47 Å². The molecule has 1 aromatic heterocycles. The standard InChI is InChI=1S/C19H29N3O2/c1-21(16-5-6-16)17-12-19(24-14-17)7-10-22(11-8-19)13-15-4-3-9-20-18(15)23-2/h3-4,9,16-17H,5-8,10-14H2,1-2H3. The Kier molecular flexibility index (Phi) is 4.50. The number of likely N-dealkylation sites (tertiary alicyclic amines) is 1. The van der Waals surface area contributed by atoms with Crippen molar-refractivity contribution in [3.63, 3.8) is 0 Å². The van der Waals surface area contributed by atoms with Crippen molar-refractivity contribution >= 4 is 0 Å². The molecule has 4 rings (SSSR count). The third kappa shape index (κ3) is 3.30. The number of methoxy groups -OCH3 is 1. The summed E-state index contributed by atoms with van der Waals surface area (Å²) >= 11 is 0. The minimum Gasteiger partial charge on any atom is -0.481 e. The minimum absolute atomic E-state index is 0.128. The van der Waals surface area contributed by atoms with E-state index in [0.29, 0.717) is 6.04 Å². The monoisotopic (exact) mass is 331 g/mol. The van der Waals surface area contributed by atoms with E-state index in [1.165, 1.54) is 24.8 Å². The summed E-state index contributed by atoms with van der Waals surface area (Å²) in [4.78, 5) is 9.38. The zero-order chi connectivity index (χ0) is 16.6. The van der Waals surface area contributed by atoms with Gasteiger partial charge in [-0.1, -0.05) is 6.07 Å². The Labute approximate surface area is 144 Å². The molecule has 1 aliphatic carbocycles. The van der Waals surface area contributed by atoms with Crippen LogP contribution in [0.4, 0.5) is 0 Å². The fourth-order valence-corrected chi connectivity index (χ4v) is 4.30. The van der Waals surface area contributed by atoms with Gasteiger partial charge in [0.2, 0.25) is 5.88 Å². The molecular formula is C19H29N3O2. The highest BCUT2D eigenvalue weighted by atomic mass is 16.5. The molecule has 132 valence electrons. The first-order chi connectivity index (χ1) is 11.7. The Balaban J connectivity index is 1.32. The fourth-order valence-electron chi connectivity index (χ4n) is 4.30. The van der Waals surface area contributed by atoms with Crippen molar-refractivity contribution in [3.05, 3.63) is 23.9 Å². The lowest BCUT2D eigenvalue weighted by molar-refractivity contribution is -0.0453. The van der Waals surface area contributed by atoms with E-state index in [0.717, 1.165) is 51.0 Å². The molecule has 2 aliphatic heterocycles. The molecule has 5 heteroatoms. The number of ether oxygens (including phenoxy) is 2. The molecule has 24 heavy (non-hydrogen) atoms. The number of rotatable bonds is 5. The molecule has 2 saturated heterocycles. The molecule has 0 aromatic carbocycles. The predicted molar refractivity (Wildman–Crippen MR) is 93.2 cm³/mol. The Morgan fingerprint density at radius 1 is 1.33 bits per heavy atom. The largest absolute Gasteiger partial charge is 0.481 e. The molecule has 1 aromatic rings. The topological polar surface area (TPSA) is 37.8 Å². The summed E-state index contributed by atoms with van der Waals surface area (Å²) in [5.74, 6) is 0.751. The molecule has 1 atom stereocenters. The molecule has 0 N–H and O–H groups in total. The number of pyridine rings is 1. The molecule has 5 nitrogen and oxygen atoms in total. The predicted octanol–water partition coefficient (Wildman–Crippen LogP) is 2.31. The van der Waals surface area contributed by atoms with E-state index in [1.54, 1.807) is 13.3 Å². The van der Waals surface area contributed by atoms with Crippen LogP contribution in [0.2, 0.25) is 0 Å². The molecule has 3 aliphatic rings. The number of hydrogen-bond acceptors (Lipinski definition) is 5. The molecule has 3 heterocycles. The average molecular weight is 331 g/mol. The first-order valence-electron chi connectivity index (χ1n) is 9.25. The minimum atomic E-state index is 0.128. The summed E-state index contributed by atoms with van der Waals surface area (Å²) < 4.78 is 11.7. The van der Waals surface area contributed by atoms with Crippen LogP contribution in [0.1, 0.15) is 37.7 Å². The summed E-state index contributed by atoms with van der Waals surface area (Å²) in [6.07, 6.45) is 8.04. The van der Waals surface area contributed by atoms with Gasteiger partial charge < -0.3 is 9.47 Å². The van der Waals surface area contributed by atoms with Gasteiger partial charge in [0.25, 0.3) is 0 Å². The lowest BCUT2D eigenvalue weighted by Crippen LogP contribution is -2.44. The maximum Gasteiger partial charge on any atom is 0.217 e. The van der Waals surface area contributed by atoms with Gasteiger partial charge in [-0.25, -0.2) is 4.98 Å². The smallest absolute Gasteiger partial charge is 0.217 e. The maximum atomic E-state index is 6.33. The van der Waals surface area contributed by atoms with E-state index >= 15 is 0 Å². The van der Waals surface area contributed by atoms with Crippen LogP contribution in [0.3, 0.4) is 0 Å². The van der Waals surface area contributed by atoms with Crippen LogP contribution in [0, 0.1) is 0 Å². The second-order valence-electron chi connectivity index (χ2n) is 7.70. The Morgan fingerprint density at radius 2 is 2.12 bits per heavy atom.